The summed E-state index contributed by atoms with van der Waals surface area (Å²) in [6.07, 6.45) is 4.23. The molecular weight excluding hydrogens is 1670 g/mol. The maximum atomic E-state index is 13.8. The Bertz CT molecular complexity index is 4540. The topological polar surface area (TPSA) is 557 Å². The molecule has 4 unspecified atom stereocenters. The number of benzene rings is 5. The third-order valence-electron chi connectivity index (χ3n) is 21.6. The number of carboxylic acid groups (broad SMARTS) is 7. The molecule has 39 heteroatoms. The van der Waals surface area contributed by atoms with E-state index in [1.807, 2.05) is 15.1 Å². The molecule has 1 saturated heterocycles. The van der Waals surface area contributed by atoms with Gasteiger partial charge in [0.2, 0.25) is 35.4 Å². The summed E-state index contributed by atoms with van der Waals surface area (Å²) in [5, 5.41) is 120. The van der Waals surface area contributed by atoms with Crippen molar-refractivity contribution in [3.63, 3.8) is 0 Å². The molecule has 0 spiro atoms. The van der Waals surface area contributed by atoms with Gasteiger partial charge in [-0.25, -0.2) is 14.0 Å². The lowest BCUT2D eigenvalue weighted by atomic mass is 9.73. The molecule has 5 aromatic rings. The maximum absolute atomic E-state index is 13.8. The summed E-state index contributed by atoms with van der Waals surface area (Å²) in [7, 11) is 0. The highest BCUT2D eigenvalue weighted by molar-refractivity contribution is 7.80. The van der Waals surface area contributed by atoms with Gasteiger partial charge in [-0.05, 0) is 159 Å². The number of anilines is 2. The molecule has 0 radical (unpaired) electrons. The third-order valence-corrected chi connectivity index (χ3v) is 22.0. The summed E-state index contributed by atoms with van der Waals surface area (Å²) < 4.78 is 13.8. The Hall–Kier alpha value is -12.3. The highest BCUT2D eigenvalue weighted by Gasteiger charge is 2.33. The second kappa shape index (κ2) is 53.9. The van der Waals surface area contributed by atoms with E-state index in [2.05, 4.69) is 42.5 Å². The molecule has 1 heterocycles. The first-order chi connectivity index (χ1) is 60.7. The second-order valence-corrected chi connectivity index (χ2v) is 31.8. The zero-order chi connectivity index (χ0) is 92.3. The number of halogens is 1. The molecule has 0 aromatic heterocycles. The lowest BCUT2D eigenvalue weighted by molar-refractivity contribution is -0.310. The fourth-order valence-corrected chi connectivity index (χ4v) is 15.2. The molecule has 5 aromatic carbocycles. The predicted molar refractivity (Wildman–Crippen MR) is 458 cm³/mol. The molecule has 1 fully saturated rings. The zero-order valence-corrected chi connectivity index (χ0v) is 71.6. The van der Waals surface area contributed by atoms with Crippen molar-refractivity contribution in [2.45, 2.75) is 152 Å². The average molecular weight is 1790 g/mol. The molecule has 690 valence electrons. The van der Waals surface area contributed by atoms with Crippen LogP contribution >= 0.6 is 12.2 Å². The molecule has 14 N–H and O–H groups in total. The number of carboxylic acids is 7. The minimum absolute atomic E-state index is 0.00681. The Balaban J connectivity index is 0.900. The number of amides is 8. The van der Waals surface area contributed by atoms with E-state index in [0.29, 0.717) is 98.8 Å². The number of phenolic OH excluding ortho intramolecular Hbond substituents is 1. The van der Waals surface area contributed by atoms with Crippen LogP contribution in [0.15, 0.2) is 103 Å². The van der Waals surface area contributed by atoms with E-state index in [9.17, 15) is 117 Å². The number of rotatable bonds is 56. The van der Waals surface area contributed by atoms with E-state index in [0.717, 1.165) is 22.3 Å². The minimum atomic E-state index is -1.78. The molecule has 127 heavy (non-hydrogen) atoms. The van der Waals surface area contributed by atoms with Crippen LogP contribution in [-0.4, -0.2) is 281 Å². The van der Waals surface area contributed by atoms with Gasteiger partial charge in [-0.3, -0.25) is 57.9 Å². The largest absolute Gasteiger partial charge is 0.872 e. The zero-order valence-electron chi connectivity index (χ0n) is 70.8. The third kappa shape index (κ3) is 38.2. The number of unbranched alkanes of at least 4 members (excludes halogenated alkanes) is 6. The number of aromatic hydroxyl groups is 1. The first-order valence-corrected chi connectivity index (χ1v) is 42.9. The first-order valence-electron chi connectivity index (χ1n) is 42.5. The van der Waals surface area contributed by atoms with Crippen molar-refractivity contribution in [1.29, 1.82) is 0 Å². The van der Waals surface area contributed by atoms with E-state index < -0.39 is 90.5 Å². The number of nitrogens with zero attached hydrogens (tertiary/aromatic N) is 5. The van der Waals surface area contributed by atoms with E-state index >= 15 is 0 Å². The number of phenols is 1. The van der Waals surface area contributed by atoms with Crippen LogP contribution in [0.25, 0.3) is 0 Å². The van der Waals surface area contributed by atoms with Crippen LogP contribution in [0.2, 0.25) is 0 Å². The highest BCUT2D eigenvalue weighted by Crippen LogP contribution is 2.44. The van der Waals surface area contributed by atoms with Gasteiger partial charge in [0.1, 0.15) is 16.6 Å². The van der Waals surface area contributed by atoms with Gasteiger partial charge >= 0.3 is 29.9 Å². The fraction of sp³-hybridized carbons (Fsp3) is 0.489. The SMILES string of the molecule is O=C([O-])CCC(NC(=O)NC(CCCCNC(=O)CCCCCNC(=O)CCN(CCC(=O)Nc1ccc(F)cc1)CCN(CCC(=O)NCCCCCCC(=O)Nc1ccc(CC2CN(CC(=O)O)CCN(CC(=O)O)CCN2CC(=O)O)cc1)CCC(=O)NCCNC(=S)c1ccc(C2c3ccc([O-])cc3Cc3cc(O)ccc32)c(C(=O)O)c1)C(=O)[O-])C(=O)[O-]. The molecule has 0 bridgehead atoms. The molecule has 1 aliphatic carbocycles. The number of carbonyl (C=O) groups is 14. The van der Waals surface area contributed by atoms with Gasteiger partial charge in [-0.2, -0.15) is 0 Å². The predicted octanol–water partition coefficient (Wildman–Crippen LogP) is 0.391. The normalized spacial score (nSPS) is 14.5. The quantitative estimate of drug-likeness (QED) is 0.0181. The average Bonchev–Trinajstić information content (AvgIpc) is 0.872. The Morgan fingerprint density at radius 3 is 1.50 bits per heavy atom. The van der Waals surface area contributed by atoms with Crippen LogP contribution in [-0.2, 0) is 70.4 Å². The van der Waals surface area contributed by atoms with Gasteiger partial charge in [0.25, 0.3) is 0 Å². The number of aromatic carboxylic acids is 1. The number of nitrogens with one attached hydrogen (secondary N) is 9. The van der Waals surface area contributed by atoms with Crippen molar-refractivity contribution in [3.05, 3.63) is 153 Å². The first kappa shape index (κ1) is 102. The van der Waals surface area contributed by atoms with Crippen LogP contribution in [0.4, 0.5) is 20.6 Å². The maximum Gasteiger partial charge on any atom is 0.336 e. The van der Waals surface area contributed by atoms with Crippen LogP contribution in [0.5, 0.6) is 11.5 Å². The van der Waals surface area contributed by atoms with Crippen molar-refractivity contribution in [2.75, 3.05) is 135 Å². The van der Waals surface area contributed by atoms with Crippen molar-refractivity contribution >= 4 is 112 Å². The van der Waals surface area contributed by atoms with Gasteiger partial charge in [0.15, 0.2) is 0 Å². The number of aliphatic carboxylic acids is 6. The molecule has 37 nitrogen and oxygen atoms in total. The lowest BCUT2D eigenvalue weighted by Gasteiger charge is -2.33. The minimum Gasteiger partial charge on any atom is -0.872 e. The number of thiocarbonyl (C=S) groups is 1. The molecule has 2 aliphatic rings. The lowest BCUT2D eigenvalue weighted by Crippen LogP contribution is -2.56. The Morgan fingerprint density at radius 2 is 0.929 bits per heavy atom. The molecule has 0 saturated carbocycles. The van der Waals surface area contributed by atoms with Crippen LogP contribution in [0.3, 0.4) is 0 Å². The van der Waals surface area contributed by atoms with E-state index in [4.69, 9.17) is 12.2 Å². The Labute approximate surface area is 739 Å². The van der Waals surface area contributed by atoms with Crippen molar-refractivity contribution in [3.8, 4) is 11.5 Å². The van der Waals surface area contributed by atoms with Crippen LogP contribution in [0, 0.1) is 5.82 Å². The fourth-order valence-electron chi connectivity index (χ4n) is 14.9. The Morgan fingerprint density at radius 1 is 0.465 bits per heavy atom. The van der Waals surface area contributed by atoms with Crippen LogP contribution in [0.1, 0.15) is 171 Å². The van der Waals surface area contributed by atoms with Gasteiger partial charge in [0.05, 0.1) is 49.2 Å². The van der Waals surface area contributed by atoms with E-state index in [1.54, 1.807) is 69.3 Å². The number of urea groups is 1. The van der Waals surface area contributed by atoms with Gasteiger partial charge < -0.3 is 118 Å². The monoisotopic (exact) mass is 1780 g/mol. The molecule has 8 amide bonds. The summed E-state index contributed by atoms with van der Waals surface area (Å²) in [6, 6.07) is 21.8. The van der Waals surface area contributed by atoms with Crippen LogP contribution < -0.4 is 68.3 Å². The molecule has 7 rings (SSSR count). The summed E-state index contributed by atoms with van der Waals surface area (Å²) in [5.41, 5.74) is 5.52. The van der Waals surface area contributed by atoms with Crippen molar-refractivity contribution < 1.29 is 117 Å². The van der Waals surface area contributed by atoms with Gasteiger partial charge in [-0.15, -0.1) is 5.75 Å². The summed E-state index contributed by atoms with van der Waals surface area (Å²) in [5.74, 6) is -12.5. The number of carbonyl (C=O) groups excluding carboxylic acids is 10. The van der Waals surface area contributed by atoms with E-state index in [1.165, 1.54) is 48.5 Å². The van der Waals surface area contributed by atoms with Crippen molar-refractivity contribution in [1.82, 2.24) is 61.7 Å². The van der Waals surface area contributed by atoms with Gasteiger partial charge in [-0.1, -0.05) is 80.0 Å². The highest BCUT2D eigenvalue weighted by atomic mass is 32.1. The number of fused-ring (bicyclic) bond motifs is 2. The number of hydrogen-bond acceptors (Lipinski definition) is 25. The summed E-state index contributed by atoms with van der Waals surface area (Å²) >= 11 is 5.73. The van der Waals surface area contributed by atoms with E-state index in [-0.39, 0.29) is 227 Å². The van der Waals surface area contributed by atoms with Gasteiger partial charge in [0, 0.05) is 178 Å². The van der Waals surface area contributed by atoms with Crippen molar-refractivity contribution in [2.24, 2.45) is 0 Å². The second-order valence-electron chi connectivity index (χ2n) is 31.4. The number of hydrogen-bond donors (Lipinski definition) is 14. The summed E-state index contributed by atoms with van der Waals surface area (Å²) in [6.45, 7) is 2.59. The summed E-state index contributed by atoms with van der Waals surface area (Å²) in [4.78, 5) is 183. The Kier molecular flexibility index (Phi) is 43.2. The smallest absolute Gasteiger partial charge is 0.336 e. The molecule has 4 atom stereocenters. The molecule has 1 aliphatic heterocycles. The standard InChI is InChI=1S/C88H117FN14O23S/c89-61-16-20-63(21-17-61)96-78(111)32-41-100(39-30-75(108)92-34-8-3-5-11-73(106)90-35-9-6-10-71(86(122)123)97-88(126)98-72(87(124)125)27-28-79(112)113)43-42-99(40-31-76(109)93-36-37-94-84(127)58-15-24-69(70(52-58)85(120)121)83-67-25-22-65(104)50-59(67)49-60-51-66(105)23-26-68(60)83)38-29-74(107)91-33-7-2-1-4-12-77(110)95-62-18-13-57(14-19-62)48-64-53-102(55-81(116)117)45-44-101(54-80(114)115)46-47-103(64)56-82(118)119/h13-26,50-52,64,71-72,83,104-105H,1-12,27-49,53-56H2,(H,90,106)(H,91,107)(H,92,108)(H,93,109)(H,94,127)(H,95,110)(H,96,111)(H,112,113)(H,114,115)(H,116,117)(H,118,119)(H,120,121)(H,122,123)(H,124,125)(H2,97,98,126)/p-4. The molecular formula is C88H113FN14O23S-4.